The number of rotatable bonds is 3. The van der Waals surface area contributed by atoms with E-state index in [-0.39, 0.29) is 5.91 Å². The number of para-hydroxylation sites is 1. The Morgan fingerprint density at radius 2 is 1.95 bits per heavy atom. The van der Waals surface area contributed by atoms with Crippen molar-refractivity contribution < 1.29 is 4.79 Å². The van der Waals surface area contributed by atoms with Crippen LogP contribution in [0.3, 0.4) is 0 Å². The molecule has 0 saturated carbocycles. The largest absolute Gasteiger partial charge is 0.369 e. The predicted octanol–water partition coefficient (Wildman–Crippen LogP) is 3.98. The van der Waals surface area contributed by atoms with Crippen LogP contribution in [0.2, 0.25) is 5.02 Å². The van der Waals surface area contributed by atoms with Crippen LogP contribution >= 0.6 is 11.6 Å². The van der Waals surface area contributed by atoms with Gasteiger partial charge in [0.2, 0.25) is 0 Å². The third-order valence-electron chi connectivity index (χ3n) is 3.83. The highest BCUT2D eigenvalue weighted by molar-refractivity contribution is 6.34. The van der Waals surface area contributed by atoms with Gasteiger partial charge in [-0.15, -0.1) is 0 Å². The number of aromatic nitrogens is 1. The van der Waals surface area contributed by atoms with Gasteiger partial charge in [0.15, 0.2) is 0 Å². The molecular formula is C17H18ClN3O. The van der Waals surface area contributed by atoms with Crippen molar-refractivity contribution in [3.8, 4) is 0 Å². The number of nitrogens with one attached hydrogen (secondary N) is 1. The molecule has 0 radical (unpaired) electrons. The molecule has 2 heterocycles. The van der Waals surface area contributed by atoms with Crippen LogP contribution in [0.1, 0.15) is 29.6 Å². The van der Waals surface area contributed by atoms with Crippen molar-refractivity contribution in [1.82, 2.24) is 4.98 Å². The first-order chi connectivity index (χ1) is 10.8. The van der Waals surface area contributed by atoms with Crippen LogP contribution in [-0.2, 0) is 0 Å². The maximum atomic E-state index is 12.3. The number of carbonyl (C=O) groups excluding carboxylic acids is 1. The van der Waals surface area contributed by atoms with Crippen molar-refractivity contribution >= 4 is 28.9 Å². The van der Waals surface area contributed by atoms with E-state index in [2.05, 4.69) is 15.2 Å². The predicted molar refractivity (Wildman–Crippen MR) is 89.7 cm³/mol. The zero-order valence-electron chi connectivity index (χ0n) is 12.3. The summed E-state index contributed by atoms with van der Waals surface area (Å²) in [5.41, 5.74) is 2.21. The molecule has 0 unspecified atom stereocenters. The summed E-state index contributed by atoms with van der Waals surface area (Å²) in [6.07, 6.45) is 6.76. The summed E-state index contributed by atoms with van der Waals surface area (Å²) in [6.45, 7) is 1.94. The fourth-order valence-corrected chi connectivity index (χ4v) is 3.04. The lowest BCUT2D eigenvalue weighted by molar-refractivity contribution is 0.102. The first kappa shape index (κ1) is 14.9. The summed E-state index contributed by atoms with van der Waals surface area (Å²) in [7, 11) is 0. The number of hydrogen-bond acceptors (Lipinski definition) is 3. The molecule has 0 aliphatic carbocycles. The summed E-state index contributed by atoms with van der Waals surface area (Å²) < 4.78 is 0. The molecule has 3 rings (SSSR count). The van der Waals surface area contributed by atoms with Crippen LogP contribution in [0.4, 0.5) is 11.4 Å². The molecule has 4 nitrogen and oxygen atoms in total. The van der Waals surface area contributed by atoms with Gasteiger partial charge in [-0.25, -0.2) is 0 Å². The van der Waals surface area contributed by atoms with Gasteiger partial charge in [-0.05, 0) is 43.5 Å². The van der Waals surface area contributed by atoms with Crippen molar-refractivity contribution in [3.05, 3.63) is 53.3 Å². The van der Waals surface area contributed by atoms with E-state index in [0.29, 0.717) is 10.6 Å². The van der Waals surface area contributed by atoms with E-state index in [9.17, 15) is 4.79 Å². The van der Waals surface area contributed by atoms with Crippen LogP contribution in [0, 0.1) is 0 Å². The number of piperidine rings is 1. The number of benzene rings is 1. The van der Waals surface area contributed by atoms with Gasteiger partial charge in [0.25, 0.3) is 5.91 Å². The summed E-state index contributed by atoms with van der Waals surface area (Å²) in [5, 5.41) is 3.63. The number of pyridine rings is 1. The lowest BCUT2D eigenvalue weighted by Crippen LogP contribution is -2.30. The maximum Gasteiger partial charge on any atom is 0.257 e. The van der Waals surface area contributed by atoms with E-state index >= 15 is 0 Å². The molecule has 1 N–H and O–H groups in total. The van der Waals surface area contributed by atoms with Crippen LogP contribution in [-0.4, -0.2) is 24.0 Å². The minimum Gasteiger partial charge on any atom is -0.369 e. The van der Waals surface area contributed by atoms with Crippen molar-refractivity contribution in [3.63, 3.8) is 0 Å². The van der Waals surface area contributed by atoms with Crippen molar-refractivity contribution in [2.75, 3.05) is 23.3 Å². The number of carbonyl (C=O) groups is 1. The van der Waals surface area contributed by atoms with Crippen molar-refractivity contribution in [1.29, 1.82) is 0 Å². The fourth-order valence-electron chi connectivity index (χ4n) is 2.75. The minimum atomic E-state index is -0.173. The Morgan fingerprint density at radius 1 is 1.14 bits per heavy atom. The monoisotopic (exact) mass is 315 g/mol. The van der Waals surface area contributed by atoms with E-state index < -0.39 is 0 Å². The second-order valence-corrected chi connectivity index (χ2v) is 5.79. The van der Waals surface area contributed by atoms with Gasteiger partial charge in [0.05, 0.1) is 22.0 Å². The van der Waals surface area contributed by atoms with E-state index in [1.54, 1.807) is 24.5 Å². The number of nitrogens with zero attached hydrogens (tertiary/aromatic N) is 2. The smallest absolute Gasteiger partial charge is 0.257 e. The molecule has 0 bridgehead atoms. The summed E-state index contributed by atoms with van der Waals surface area (Å²) >= 11 is 6.39. The Labute approximate surface area is 135 Å². The molecule has 1 saturated heterocycles. The average molecular weight is 316 g/mol. The van der Waals surface area contributed by atoms with Gasteiger partial charge in [-0.3, -0.25) is 9.78 Å². The molecule has 2 aromatic rings. The van der Waals surface area contributed by atoms with Crippen LogP contribution in [0.15, 0.2) is 42.7 Å². The Kier molecular flexibility index (Phi) is 4.59. The van der Waals surface area contributed by atoms with Gasteiger partial charge in [-0.2, -0.15) is 0 Å². The summed E-state index contributed by atoms with van der Waals surface area (Å²) in [6, 6.07) is 9.11. The molecule has 5 heteroatoms. The van der Waals surface area contributed by atoms with Gasteiger partial charge in [-0.1, -0.05) is 17.7 Å². The lowest BCUT2D eigenvalue weighted by Gasteiger charge is -2.31. The second-order valence-electron chi connectivity index (χ2n) is 5.38. The van der Waals surface area contributed by atoms with Gasteiger partial charge < -0.3 is 10.2 Å². The summed E-state index contributed by atoms with van der Waals surface area (Å²) in [5.74, 6) is -0.173. The number of anilines is 2. The molecule has 1 aliphatic heterocycles. The van der Waals surface area contributed by atoms with Crippen molar-refractivity contribution in [2.24, 2.45) is 0 Å². The normalized spacial score (nSPS) is 14.7. The Hall–Kier alpha value is -2.07. The number of hydrogen-bond donors (Lipinski definition) is 1. The van der Waals surface area contributed by atoms with Crippen molar-refractivity contribution in [2.45, 2.75) is 19.3 Å². The highest BCUT2D eigenvalue weighted by Gasteiger charge is 2.19. The number of halogens is 1. The Bertz CT molecular complexity index is 654. The van der Waals surface area contributed by atoms with E-state index in [0.717, 1.165) is 37.3 Å². The standard InChI is InChI=1S/C17H18ClN3O/c18-14-7-4-8-15(16(14)21-10-2-1-3-11-21)20-17(22)13-6-5-9-19-12-13/h4-9,12H,1-3,10-11H2,(H,20,22). The van der Waals surface area contributed by atoms with Crippen LogP contribution in [0.25, 0.3) is 0 Å². The SMILES string of the molecule is O=C(Nc1cccc(Cl)c1N1CCCCC1)c1cccnc1. The van der Waals surface area contributed by atoms with E-state index in [4.69, 9.17) is 11.6 Å². The molecule has 1 aliphatic rings. The first-order valence-electron chi connectivity index (χ1n) is 7.50. The molecule has 0 spiro atoms. The van der Waals surface area contributed by atoms with Gasteiger partial charge in [0.1, 0.15) is 0 Å². The zero-order chi connectivity index (χ0) is 15.4. The maximum absolute atomic E-state index is 12.3. The van der Waals surface area contributed by atoms with Crippen LogP contribution < -0.4 is 10.2 Å². The van der Waals surface area contributed by atoms with Gasteiger partial charge in [0, 0.05) is 25.5 Å². The highest BCUT2D eigenvalue weighted by atomic mass is 35.5. The molecule has 1 aromatic carbocycles. The fraction of sp³-hybridized carbons (Fsp3) is 0.294. The molecule has 1 fully saturated rings. The quantitative estimate of drug-likeness (QED) is 0.932. The van der Waals surface area contributed by atoms with Crippen LogP contribution in [0.5, 0.6) is 0 Å². The van der Waals surface area contributed by atoms with E-state index in [1.165, 1.54) is 6.42 Å². The zero-order valence-corrected chi connectivity index (χ0v) is 13.0. The molecule has 1 amide bonds. The highest BCUT2D eigenvalue weighted by Crippen LogP contribution is 2.35. The first-order valence-corrected chi connectivity index (χ1v) is 7.88. The second kappa shape index (κ2) is 6.79. The molecule has 114 valence electrons. The molecule has 22 heavy (non-hydrogen) atoms. The van der Waals surface area contributed by atoms with Gasteiger partial charge >= 0.3 is 0 Å². The average Bonchev–Trinajstić information content (AvgIpc) is 2.56. The number of amides is 1. The minimum absolute atomic E-state index is 0.173. The molecule has 1 aromatic heterocycles. The molecular weight excluding hydrogens is 298 g/mol. The third kappa shape index (κ3) is 3.22. The third-order valence-corrected chi connectivity index (χ3v) is 4.14. The van der Waals surface area contributed by atoms with E-state index in [1.807, 2.05) is 18.2 Å². The topological polar surface area (TPSA) is 45.2 Å². The lowest BCUT2D eigenvalue weighted by atomic mass is 10.1. The molecule has 0 atom stereocenters. The summed E-state index contributed by atoms with van der Waals surface area (Å²) in [4.78, 5) is 18.6. The Balaban J connectivity index is 1.87. The Morgan fingerprint density at radius 3 is 2.68 bits per heavy atom.